The molecule has 1 fully saturated rings. The monoisotopic (exact) mass is 642 g/mol. The Balaban J connectivity index is 3.15. The fourth-order valence-electron chi connectivity index (χ4n) is 4.99. The molecular weight excluding hydrogens is 592 g/mol. The Bertz CT molecular complexity index is 1070. The number of likely N-dealkylation sites (tertiary alicyclic amines) is 1. The van der Waals surface area contributed by atoms with Gasteiger partial charge in [-0.1, -0.05) is 47.5 Å². The number of aliphatic carboxylic acids is 2. The van der Waals surface area contributed by atoms with Gasteiger partial charge in [0.1, 0.15) is 24.2 Å². The zero-order valence-electron chi connectivity index (χ0n) is 26.7. The zero-order chi connectivity index (χ0) is 34.4. The van der Waals surface area contributed by atoms with Crippen molar-refractivity contribution in [2.45, 2.75) is 116 Å². The van der Waals surface area contributed by atoms with Gasteiger partial charge in [-0.15, -0.1) is 0 Å². The molecule has 0 spiro atoms. The Hall–Kier alpha value is -3.79. The minimum Gasteiger partial charge on any atom is -0.481 e. The summed E-state index contributed by atoms with van der Waals surface area (Å²) in [6.07, 6.45) is 1.08. The molecule has 16 nitrogen and oxygen atoms in total. The largest absolute Gasteiger partial charge is 0.481 e. The number of amides is 5. The lowest BCUT2D eigenvalue weighted by atomic mass is 9.95. The van der Waals surface area contributed by atoms with Crippen molar-refractivity contribution in [1.29, 1.82) is 0 Å². The molecule has 1 heterocycles. The molecule has 9 N–H and O–H groups in total. The third-order valence-electron chi connectivity index (χ3n) is 7.81. The van der Waals surface area contributed by atoms with Gasteiger partial charge in [0, 0.05) is 6.54 Å². The molecule has 5 amide bonds. The Morgan fingerprint density at radius 1 is 0.844 bits per heavy atom. The highest BCUT2D eigenvalue weighted by atomic mass is 16.4. The number of carboxylic acid groups (broad SMARTS) is 2. The van der Waals surface area contributed by atoms with Crippen LogP contribution >= 0.6 is 0 Å². The highest BCUT2D eigenvalue weighted by Crippen LogP contribution is 2.21. The summed E-state index contributed by atoms with van der Waals surface area (Å²) < 4.78 is 0. The lowest BCUT2D eigenvalue weighted by molar-refractivity contribution is -0.144. The lowest BCUT2D eigenvalue weighted by Gasteiger charge is -2.33. The topological polar surface area (TPSA) is 258 Å². The molecule has 1 rings (SSSR count). The van der Waals surface area contributed by atoms with Gasteiger partial charge in [0.15, 0.2) is 0 Å². The standard InChI is InChI=1S/C29H50N6O10/c1-6-9-17(14-36)31-27(43)20-10-8-11-35(20)29(45)23(15(3)4)33-28(44)24(16(5)7-2)34-26(42)19(13-22(39)40)32-25(41)18(30)12-21(37)38/h15-20,23-24,36H,6-14,30H2,1-5H3,(H,31,43)(H,32,41)(H,33,44)(H,34,42)(H,37,38)(H,39,40)/t16-,17-,18-,19-,20-,23-,24-/m0/s1. The van der Waals surface area contributed by atoms with Crippen LogP contribution in [0.3, 0.4) is 0 Å². The van der Waals surface area contributed by atoms with Crippen LogP contribution in [-0.2, 0) is 33.6 Å². The molecule has 0 saturated carbocycles. The van der Waals surface area contributed by atoms with Gasteiger partial charge in [-0.25, -0.2) is 0 Å². The fourth-order valence-corrected chi connectivity index (χ4v) is 4.99. The number of hydrogen-bond acceptors (Lipinski definition) is 9. The fraction of sp³-hybridized carbons (Fsp3) is 0.759. The van der Waals surface area contributed by atoms with E-state index >= 15 is 0 Å². The van der Waals surface area contributed by atoms with Crippen LogP contribution in [0.1, 0.15) is 79.6 Å². The summed E-state index contributed by atoms with van der Waals surface area (Å²) in [7, 11) is 0. The number of carbonyl (C=O) groups excluding carboxylic acids is 5. The molecule has 256 valence electrons. The number of nitrogens with one attached hydrogen (secondary N) is 4. The molecule has 0 bridgehead atoms. The predicted octanol–water partition coefficient (Wildman–Crippen LogP) is -1.31. The van der Waals surface area contributed by atoms with Crippen LogP contribution in [0.15, 0.2) is 0 Å². The van der Waals surface area contributed by atoms with Crippen molar-refractivity contribution in [2.75, 3.05) is 13.2 Å². The van der Waals surface area contributed by atoms with E-state index in [4.69, 9.17) is 10.8 Å². The molecule has 1 aliphatic rings. The number of carboxylic acids is 2. The summed E-state index contributed by atoms with van der Waals surface area (Å²) in [6.45, 7) is 8.83. The van der Waals surface area contributed by atoms with Crippen molar-refractivity contribution in [3.8, 4) is 0 Å². The Labute approximate surface area is 263 Å². The number of nitrogens with zero attached hydrogens (tertiary/aromatic N) is 1. The SMILES string of the molecule is CCC[C@@H](CO)NC(=O)[C@@H]1CCCN1C(=O)[C@@H](NC(=O)[C@@H](NC(=O)[C@H](CC(=O)O)NC(=O)[C@@H](N)CC(=O)O)[C@@H](C)CC)C(C)C. The summed E-state index contributed by atoms with van der Waals surface area (Å²) in [5.74, 6) is -7.39. The molecular formula is C29H50N6O10. The summed E-state index contributed by atoms with van der Waals surface area (Å²) in [4.78, 5) is 89.6. The first-order valence-corrected chi connectivity index (χ1v) is 15.4. The van der Waals surface area contributed by atoms with Crippen molar-refractivity contribution in [2.24, 2.45) is 17.6 Å². The smallest absolute Gasteiger partial charge is 0.305 e. The number of rotatable bonds is 19. The highest BCUT2D eigenvalue weighted by Gasteiger charge is 2.40. The van der Waals surface area contributed by atoms with Crippen LogP contribution in [0.2, 0.25) is 0 Å². The maximum atomic E-state index is 13.7. The minimum absolute atomic E-state index is 0.236. The first kappa shape index (κ1) is 39.2. The minimum atomic E-state index is -1.67. The second kappa shape index (κ2) is 18.9. The van der Waals surface area contributed by atoms with Gasteiger partial charge >= 0.3 is 11.9 Å². The first-order chi connectivity index (χ1) is 21.1. The van der Waals surface area contributed by atoms with E-state index in [-0.39, 0.29) is 12.5 Å². The molecule has 0 radical (unpaired) electrons. The maximum Gasteiger partial charge on any atom is 0.305 e. The first-order valence-electron chi connectivity index (χ1n) is 15.4. The molecule has 0 aromatic rings. The molecule has 45 heavy (non-hydrogen) atoms. The molecule has 0 unspecified atom stereocenters. The Morgan fingerprint density at radius 3 is 1.96 bits per heavy atom. The normalized spacial score (nSPS) is 18.6. The van der Waals surface area contributed by atoms with Crippen molar-refractivity contribution >= 4 is 41.5 Å². The van der Waals surface area contributed by atoms with E-state index in [9.17, 15) is 43.8 Å². The third-order valence-corrected chi connectivity index (χ3v) is 7.81. The second-order valence-electron chi connectivity index (χ2n) is 11.8. The van der Waals surface area contributed by atoms with Crippen LogP contribution in [0.25, 0.3) is 0 Å². The van der Waals surface area contributed by atoms with Crippen molar-refractivity contribution in [1.82, 2.24) is 26.2 Å². The lowest BCUT2D eigenvalue weighted by Crippen LogP contribution is -2.61. The Morgan fingerprint density at radius 2 is 1.44 bits per heavy atom. The van der Waals surface area contributed by atoms with Crippen LogP contribution in [0.5, 0.6) is 0 Å². The van der Waals surface area contributed by atoms with Gasteiger partial charge in [0.25, 0.3) is 0 Å². The molecule has 0 aromatic heterocycles. The molecule has 1 aliphatic heterocycles. The molecule has 0 aromatic carbocycles. The van der Waals surface area contributed by atoms with Gasteiger partial charge in [0.2, 0.25) is 29.5 Å². The number of carbonyl (C=O) groups is 7. The van der Waals surface area contributed by atoms with E-state index in [0.29, 0.717) is 32.2 Å². The van der Waals surface area contributed by atoms with Gasteiger partial charge < -0.3 is 47.2 Å². The third kappa shape index (κ3) is 12.3. The molecule has 0 aliphatic carbocycles. The summed E-state index contributed by atoms with van der Waals surface area (Å²) in [5.41, 5.74) is 5.54. The van der Waals surface area contributed by atoms with E-state index in [2.05, 4.69) is 21.3 Å². The van der Waals surface area contributed by atoms with E-state index in [0.717, 1.165) is 6.42 Å². The number of nitrogens with two attached hydrogens (primary N) is 1. The van der Waals surface area contributed by atoms with Crippen molar-refractivity contribution in [3.63, 3.8) is 0 Å². The predicted molar refractivity (Wildman–Crippen MR) is 161 cm³/mol. The van der Waals surface area contributed by atoms with Crippen LogP contribution in [-0.4, -0.2) is 111 Å². The van der Waals surface area contributed by atoms with Crippen LogP contribution in [0.4, 0.5) is 0 Å². The van der Waals surface area contributed by atoms with E-state index in [1.807, 2.05) is 6.92 Å². The average molecular weight is 643 g/mol. The number of aliphatic hydroxyl groups is 1. The summed E-state index contributed by atoms with van der Waals surface area (Å²) in [5, 5.41) is 37.9. The molecule has 1 saturated heterocycles. The second-order valence-corrected chi connectivity index (χ2v) is 11.8. The van der Waals surface area contributed by atoms with Crippen molar-refractivity contribution < 1.29 is 48.9 Å². The summed E-state index contributed by atoms with van der Waals surface area (Å²) >= 11 is 0. The molecule has 16 heteroatoms. The Kier molecular flexibility index (Phi) is 16.5. The highest BCUT2D eigenvalue weighted by molar-refractivity contribution is 5.97. The zero-order valence-corrected chi connectivity index (χ0v) is 26.7. The van der Waals surface area contributed by atoms with Gasteiger partial charge in [-0.05, 0) is 31.1 Å². The van der Waals surface area contributed by atoms with Crippen LogP contribution in [0, 0.1) is 11.8 Å². The number of hydrogen-bond donors (Lipinski definition) is 8. The molecule has 7 atom stereocenters. The van der Waals surface area contributed by atoms with E-state index in [1.165, 1.54) is 4.90 Å². The summed E-state index contributed by atoms with van der Waals surface area (Å²) in [6, 6.07) is -6.74. The average Bonchev–Trinajstić information content (AvgIpc) is 3.46. The van der Waals surface area contributed by atoms with Gasteiger partial charge in [0.05, 0.1) is 31.5 Å². The van der Waals surface area contributed by atoms with Gasteiger partial charge in [-0.2, -0.15) is 0 Å². The van der Waals surface area contributed by atoms with Crippen LogP contribution < -0.4 is 27.0 Å². The van der Waals surface area contributed by atoms with E-state index in [1.54, 1.807) is 27.7 Å². The van der Waals surface area contributed by atoms with Crippen molar-refractivity contribution in [3.05, 3.63) is 0 Å². The number of aliphatic hydroxyl groups excluding tert-OH is 1. The van der Waals surface area contributed by atoms with Gasteiger partial charge in [-0.3, -0.25) is 33.6 Å². The maximum absolute atomic E-state index is 13.7. The van der Waals surface area contributed by atoms with E-state index < -0.39 is 96.5 Å². The quantitative estimate of drug-likeness (QED) is 0.0820.